The van der Waals surface area contributed by atoms with Crippen LogP contribution in [-0.4, -0.2) is 16.2 Å². The summed E-state index contributed by atoms with van der Waals surface area (Å²) >= 11 is 3.31. The average molecular weight is 320 g/mol. The number of nitrogens with zero attached hydrogens (tertiary/aromatic N) is 1. The Labute approximate surface area is 116 Å². The Hall–Kier alpha value is -2.01. The summed E-state index contributed by atoms with van der Waals surface area (Å²) in [5, 5.41) is 12.2. The van der Waals surface area contributed by atoms with Crippen LogP contribution in [0.1, 0.15) is 15.9 Å². The SMILES string of the molecule is O=C1C(c2ccccc2Br)=[N+]([O-])c2cc(F)ccc21. The number of ketones is 1. The topological polar surface area (TPSA) is 43.1 Å². The molecule has 0 atom stereocenters. The molecule has 0 saturated carbocycles. The number of hydrogen-bond acceptors (Lipinski definition) is 2. The number of carbonyl (C=O) groups excluding carboxylic acids is 1. The first-order chi connectivity index (χ1) is 9.09. The fourth-order valence-corrected chi connectivity index (χ4v) is 2.56. The van der Waals surface area contributed by atoms with Crippen molar-refractivity contribution >= 4 is 33.1 Å². The highest BCUT2D eigenvalue weighted by Gasteiger charge is 2.37. The van der Waals surface area contributed by atoms with Crippen LogP contribution in [0.25, 0.3) is 0 Å². The van der Waals surface area contributed by atoms with Crippen molar-refractivity contribution in [2.24, 2.45) is 0 Å². The van der Waals surface area contributed by atoms with Crippen molar-refractivity contribution in [3.63, 3.8) is 0 Å². The fourth-order valence-electron chi connectivity index (χ4n) is 2.09. The summed E-state index contributed by atoms with van der Waals surface area (Å²) in [5.74, 6) is -0.933. The van der Waals surface area contributed by atoms with Crippen LogP contribution in [0.5, 0.6) is 0 Å². The van der Waals surface area contributed by atoms with Crippen LogP contribution in [0.4, 0.5) is 10.1 Å². The average Bonchev–Trinajstić information content (AvgIpc) is 2.63. The molecule has 2 aromatic rings. The van der Waals surface area contributed by atoms with E-state index in [2.05, 4.69) is 15.9 Å². The van der Waals surface area contributed by atoms with E-state index in [0.717, 1.165) is 6.07 Å². The van der Waals surface area contributed by atoms with E-state index in [1.807, 2.05) is 0 Å². The van der Waals surface area contributed by atoms with Gasteiger partial charge < -0.3 is 5.21 Å². The molecule has 19 heavy (non-hydrogen) atoms. The molecule has 0 aromatic heterocycles. The van der Waals surface area contributed by atoms with Gasteiger partial charge in [-0.05, 0) is 40.2 Å². The van der Waals surface area contributed by atoms with Crippen LogP contribution in [-0.2, 0) is 0 Å². The van der Waals surface area contributed by atoms with E-state index in [-0.39, 0.29) is 17.0 Å². The Bertz CT molecular complexity index is 740. The normalized spacial score (nSPS) is 13.9. The molecule has 0 N–H and O–H groups in total. The molecule has 0 aliphatic carbocycles. The van der Waals surface area contributed by atoms with E-state index in [4.69, 9.17) is 0 Å². The van der Waals surface area contributed by atoms with Gasteiger partial charge in [-0.2, -0.15) is 4.74 Å². The molecule has 5 heteroatoms. The summed E-state index contributed by atoms with van der Waals surface area (Å²) in [6.07, 6.45) is 0. The molecule has 3 nitrogen and oxygen atoms in total. The first kappa shape index (κ1) is 12.0. The van der Waals surface area contributed by atoms with Crippen molar-refractivity contribution < 1.29 is 13.9 Å². The van der Waals surface area contributed by atoms with Gasteiger partial charge in [0.2, 0.25) is 5.69 Å². The fraction of sp³-hybridized carbons (Fsp3) is 0. The standard InChI is InChI=1S/C14H7BrFNO2/c15-11-4-2-1-3-9(11)13-14(18)10-6-5-8(16)7-12(10)17(13)19/h1-7H. The summed E-state index contributed by atoms with van der Waals surface area (Å²) in [5.41, 5.74) is 0.782. The molecule has 0 fully saturated rings. The zero-order valence-corrected chi connectivity index (χ0v) is 11.1. The highest BCUT2D eigenvalue weighted by Crippen LogP contribution is 2.30. The van der Waals surface area contributed by atoms with Gasteiger partial charge in [0.15, 0.2) is 0 Å². The Morgan fingerprint density at radius 1 is 1.11 bits per heavy atom. The molecule has 94 valence electrons. The van der Waals surface area contributed by atoms with Crippen molar-refractivity contribution in [2.45, 2.75) is 0 Å². The first-order valence-electron chi connectivity index (χ1n) is 5.53. The molecule has 1 aliphatic rings. The first-order valence-corrected chi connectivity index (χ1v) is 6.32. The van der Waals surface area contributed by atoms with Crippen LogP contribution < -0.4 is 0 Å². The lowest BCUT2D eigenvalue weighted by atomic mass is 10.0. The maximum absolute atomic E-state index is 13.2. The second-order valence-electron chi connectivity index (χ2n) is 4.11. The second kappa shape index (κ2) is 4.28. The molecule has 0 unspecified atom stereocenters. The molecule has 0 amide bonds. The van der Waals surface area contributed by atoms with E-state index in [1.165, 1.54) is 12.1 Å². The molecule has 0 bridgehead atoms. The molecule has 0 saturated heterocycles. The molecule has 3 rings (SSSR count). The lowest BCUT2D eigenvalue weighted by Crippen LogP contribution is -2.17. The highest BCUT2D eigenvalue weighted by molar-refractivity contribution is 9.10. The summed E-state index contributed by atoms with van der Waals surface area (Å²) < 4.78 is 14.3. The zero-order valence-electron chi connectivity index (χ0n) is 9.56. The number of rotatable bonds is 1. The number of Topliss-reactive ketones (excluding diaryl/α,β-unsaturated/α-hetero) is 1. The van der Waals surface area contributed by atoms with Crippen LogP contribution >= 0.6 is 15.9 Å². The van der Waals surface area contributed by atoms with Crippen LogP contribution in [0.2, 0.25) is 0 Å². The number of benzene rings is 2. The molecule has 2 aromatic carbocycles. The van der Waals surface area contributed by atoms with Gasteiger partial charge in [-0.15, -0.1) is 0 Å². The molecular weight excluding hydrogens is 313 g/mol. The Morgan fingerprint density at radius 2 is 1.84 bits per heavy atom. The summed E-state index contributed by atoms with van der Waals surface area (Å²) in [6, 6.07) is 10.5. The van der Waals surface area contributed by atoms with Crippen molar-refractivity contribution in [2.75, 3.05) is 0 Å². The Morgan fingerprint density at radius 3 is 2.58 bits per heavy atom. The maximum atomic E-state index is 13.2. The quantitative estimate of drug-likeness (QED) is 0.597. The summed E-state index contributed by atoms with van der Waals surface area (Å²) in [6.45, 7) is 0. The van der Waals surface area contributed by atoms with Crippen LogP contribution in [0, 0.1) is 11.0 Å². The van der Waals surface area contributed by atoms with Gasteiger partial charge in [-0.1, -0.05) is 12.1 Å². The molecular formula is C14H7BrFNO2. The van der Waals surface area contributed by atoms with Gasteiger partial charge >= 0.3 is 0 Å². The van der Waals surface area contributed by atoms with E-state index in [1.54, 1.807) is 24.3 Å². The summed E-state index contributed by atoms with van der Waals surface area (Å²) in [4.78, 5) is 12.2. The van der Waals surface area contributed by atoms with Gasteiger partial charge in [-0.25, -0.2) is 4.39 Å². The van der Waals surface area contributed by atoms with Crippen molar-refractivity contribution in [1.29, 1.82) is 0 Å². The van der Waals surface area contributed by atoms with E-state index >= 15 is 0 Å². The van der Waals surface area contributed by atoms with E-state index in [9.17, 15) is 14.4 Å². The lowest BCUT2D eigenvalue weighted by molar-refractivity contribution is -0.355. The molecule has 0 spiro atoms. The largest absolute Gasteiger partial charge is 0.618 e. The third kappa shape index (κ3) is 1.77. The van der Waals surface area contributed by atoms with Gasteiger partial charge in [-0.3, -0.25) is 4.79 Å². The van der Waals surface area contributed by atoms with E-state index in [0.29, 0.717) is 14.8 Å². The molecule has 0 radical (unpaired) electrons. The number of halogens is 2. The molecule has 1 aliphatic heterocycles. The smallest absolute Gasteiger partial charge is 0.274 e. The molecule has 1 heterocycles. The number of hydrogen-bond donors (Lipinski definition) is 0. The zero-order chi connectivity index (χ0) is 13.6. The Balaban J connectivity index is 2.25. The maximum Gasteiger partial charge on any atom is 0.274 e. The van der Waals surface area contributed by atoms with Crippen LogP contribution in [0.15, 0.2) is 46.9 Å². The number of carbonyl (C=O) groups is 1. The minimum absolute atomic E-state index is 0.00748. The Kier molecular flexibility index (Phi) is 2.71. The van der Waals surface area contributed by atoms with Gasteiger partial charge in [0.05, 0.1) is 5.56 Å². The van der Waals surface area contributed by atoms with Gasteiger partial charge in [0, 0.05) is 10.5 Å². The van der Waals surface area contributed by atoms with Crippen LogP contribution in [0.3, 0.4) is 0 Å². The van der Waals surface area contributed by atoms with Crippen molar-refractivity contribution in [3.8, 4) is 0 Å². The number of fused-ring (bicyclic) bond motifs is 1. The predicted molar refractivity (Wildman–Crippen MR) is 72.3 cm³/mol. The monoisotopic (exact) mass is 319 g/mol. The van der Waals surface area contributed by atoms with Crippen molar-refractivity contribution in [1.82, 2.24) is 0 Å². The van der Waals surface area contributed by atoms with Gasteiger partial charge in [0.25, 0.3) is 11.5 Å². The van der Waals surface area contributed by atoms with E-state index < -0.39 is 11.6 Å². The minimum Gasteiger partial charge on any atom is -0.618 e. The van der Waals surface area contributed by atoms with Gasteiger partial charge in [0.1, 0.15) is 11.4 Å². The third-order valence-corrected chi connectivity index (χ3v) is 3.66. The summed E-state index contributed by atoms with van der Waals surface area (Å²) in [7, 11) is 0. The third-order valence-electron chi connectivity index (χ3n) is 2.97. The highest BCUT2D eigenvalue weighted by atomic mass is 79.9. The minimum atomic E-state index is -0.541. The lowest BCUT2D eigenvalue weighted by Gasteiger charge is -2.03. The predicted octanol–water partition coefficient (Wildman–Crippen LogP) is 3.42. The second-order valence-corrected chi connectivity index (χ2v) is 4.97. The van der Waals surface area contributed by atoms with Crippen molar-refractivity contribution in [3.05, 3.63) is 69.1 Å².